The molecule has 0 aromatic rings. The summed E-state index contributed by atoms with van der Waals surface area (Å²) in [4.78, 5) is 0. The van der Waals surface area contributed by atoms with Gasteiger partial charge in [0.25, 0.3) is 0 Å². The van der Waals surface area contributed by atoms with Crippen molar-refractivity contribution >= 4 is 0 Å². The first kappa shape index (κ1) is 6.92. The van der Waals surface area contributed by atoms with E-state index in [-0.39, 0.29) is 0 Å². The van der Waals surface area contributed by atoms with Gasteiger partial charge in [-0.3, -0.25) is 5.32 Å². The molecule has 1 radical (unpaired) electrons. The van der Waals surface area contributed by atoms with E-state index in [1.807, 2.05) is 6.92 Å². The largest absolute Gasteiger partial charge is 0.290 e. The smallest absolute Gasteiger partial charge is 0.140 e. The molecule has 0 bridgehead atoms. The second kappa shape index (κ2) is 4.09. The molecular weight excluding hydrogens is 90.1 g/mol. The lowest BCUT2D eigenvalue weighted by Crippen LogP contribution is -2.24. The standard InChI is InChI=1S/C5H12NO/c1-3-4-6-5(2)7/h5-6H,3-4H2,1-2H3. The average Bonchev–Trinajstić information content (AvgIpc) is 1.61. The van der Waals surface area contributed by atoms with Gasteiger partial charge in [0, 0.05) is 0 Å². The first-order valence-corrected chi connectivity index (χ1v) is 2.66. The summed E-state index contributed by atoms with van der Waals surface area (Å²) in [6.45, 7) is 4.48. The van der Waals surface area contributed by atoms with E-state index in [9.17, 15) is 5.11 Å². The fraction of sp³-hybridized carbons (Fsp3) is 1.00. The van der Waals surface area contributed by atoms with E-state index in [0.717, 1.165) is 13.0 Å². The van der Waals surface area contributed by atoms with Crippen LogP contribution in [0.15, 0.2) is 0 Å². The summed E-state index contributed by atoms with van der Waals surface area (Å²) in [6, 6.07) is 0. The van der Waals surface area contributed by atoms with Crippen LogP contribution in [-0.4, -0.2) is 12.8 Å². The number of rotatable bonds is 3. The van der Waals surface area contributed by atoms with Gasteiger partial charge < -0.3 is 0 Å². The minimum absolute atomic E-state index is 0.597. The van der Waals surface area contributed by atoms with Gasteiger partial charge in [-0.1, -0.05) is 6.92 Å². The van der Waals surface area contributed by atoms with Gasteiger partial charge in [-0.25, -0.2) is 5.11 Å². The van der Waals surface area contributed by atoms with Crippen molar-refractivity contribution in [2.24, 2.45) is 0 Å². The molecule has 0 saturated carbocycles. The Morgan fingerprint density at radius 1 is 1.71 bits per heavy atom. The normalized spacial score (nSPS) is 14.1. The van der Waals surface area contributed by atoms with Gasteiger partial charge in [-0.05, 0) is 19.9 Å². The molecule has 0 heterocycles. The van der Waals surface area contributed by atoms with E-state index >= 15 is 0 Å². The lowest BCUT2D eigenvalue weighted by atomic mass is 10.5. The Labute approximate surface area is 44.5 Å². The molecule has 0 aliphatic heterocycles. The molecule has 0 aliphatic carbocycles. The number of hydrogen-bond donors (Lipinski definition) is 1. The molecule has 2 heteroatoms. The Kier molecular flexibility index (Phi) is 4.04. The van der Waals surface area contributed by atoms with Crippen LogP contribution in [0.25, 0.3) is 0 Å². The lowest BCUT2D eigenvalue weighted by Gasteiger charge is -2.00. The van der Waals surface area contributed by atoms with Gasteiger partial charge in [-0.2, -0.15) is 0 Å². The molecule has 7 heavy (non-hydrogen) atoms. The third-order valence-electron chi connectivity index (χ3n) is 0.682. The summed E-state index contributed by atoms with van der Waals surface area (Å²) in [7, 11) is 0. The summed E-state index contributed by atoms with van der Waals surface area (Å²) in [5.41, 5.74) is 0. The van der Waals surface area contributed by atoms with Crippen molar-refractivity contribution in [2.75, 3.05) is 6.54 Å². The lowest BCUT2D eigenvalue weighted by molar-refractivity contribution is 0.0756. The second-order valence-corrected chi connectivity index (χ2v) is 1.60. The van der Waals surface area contributed by atoms with Crippen molar-refractivity contribution in [3.05, 3.63) is 0 Å². The van der Waals surface area contributed by atoms with E-state index in [1.54, 1.807) is 6.92 Å². The maximum atomic E-state index is 10.2. The Morgan fingerprint density at radius 2 is 2.29 bits per heavy atom. The predicted octanol–water partition coefficient (Wildman–Crippen LogP) is 0.762. The van der Waals surface area contributed by atoms with Crippen LogP contribution < -0.4 is 5.32 Å². The van der Waals surface area contributed by atoms with Crippen molar-refractivity contribution < 1.29 is 5.11 Å². The predicted molar refractivity (Wildman–Crippen MR) is 28.4 cm³/mol. The highest BCUT2D eigenvalue weighted by atomic mass is 16.3. The van der Waals surface area contributed by atoms with Crippen LogP contribution >= 0.6 is 0 Å². The minimum Gasteiger partial charge on any atom is -0.290 e. The molecule has 0 rings (SSSR count). The van der Waals surface area contributed by atoms with Gasteiger partial charge in [0.1, 0.15) is 6.23 Å². The number of nitrogens with one attached hydrogen (secondary N) is 1. The Hall–Kier alpha value is -0.0800. The summed E-state index contributed by atoms with van der Waals surface area (Å²) in [5, 5.41) is 12.9. The Balaban J connectivity index is 2.68. The Bertz CT molecular complexity index is 37.1. The maximum Gasteiger partial charge on any atom is 0.140 e. The molecule has 0 aromatic heterocycles. The highest BCUT2D eigenvalue weighted by Crippen LogP contribution is 1.73. The first-order chi connectivity index (χ1) is 3.27. The van der Waals surface area contributed by atoms with Crippen molar-refractivity contribution in [2.45, 2.75) is 26.5 Å². The topological polar surface area (TPSA) is 31.9 Å². The van der Waals surface area contributed by atoms with Crippen molar-refractivity contribution in [3.63, 3.8) is 0 Å². The molecule has 1 unspecified atom stereocenters. The van der Waals surface area contributed by atoms with Gasteiger partial charge >= 0.3 is 0 Å². The van der Waals surface area contributed by atoms with E-state index in [0.29, 0.717) is 0 Å². The molecule has 0 aliphatic rings. The van der Waals surface area contributed by atoms with Gasteiger partial charge in [0.05, 0.1) is 0 Å². The summed E-state index contributed by atoms with van der Waals surface area (Å²) in [5.74, 6) is 0. The van der Waals surface area contributed by atoms with E-state index in [4.69, 9.17) is 0 Å². The highest BCUT2D eigenvalue weighted by Gasteiger charge is 1.89. The molecular formula is C5H12NO. The van der Waals surface area contributed by atoms with Crippen molar-refractivity contribution in [1.82, 2.24) is 5.32 Å². The molecule has 43 valence electrons. The van der Waals surface area contributed by atoms with E-state index in [2.05, 4.69) is 5.32 Å². The monoisotopic (exact) mass is 102 g/mol. The summed E-state index contributed by atoms with van der Waals surface area (Å²) >= 11 is 0. The van der Waals surface area contributed by atoms with Crippen LogP contribution in [0.4, 0.5) is 0 Å². The quantitative estimate of drug-likeness (QED) is 0.524. The van der Waals surface area contributed by atoms with E-state index < -0.39 is 6.23 Å². The fourth-order valence-electron chi connectivity index (χ4n) is 0.348. The SMILES string of the molecule is CCCNC(C)[O]. The van der Waals surface area contributed by atoms with E-state index in [1.165, 1.54) is 0 Å². The summed E-state index contributed by atoms with van der Waals surface area (Å²) < 4.78 is 0. The van der Waals surface area contributed by atoms with Crippen LogP contribution in [0.5, 0.6) is 0 Å². The third-order valence-corrected chi connectivity index (χ3v) is 0.682. The third kappa shape index (κ3) is 5.92. The molecule has 2 nitrogen and oxygen atoms in total. The average molecular weight is 102 g/mol. The molecule has 0 fully saturated rings. The molecule has 0 spiro atoms. The maximum absolute atomic E-state index is 10.2. The molecule has 0 saturated heterocycles. The minimum atomic E-state index is -0.597. The van der Waals surface area contributed by atoms with Crippen LogP contribution in [-0.2, 0) is 5.11 Å². The molecule has 0 amide bonds. The van der Waals surface area contributed by atoms with Gasteiger partial charge in [-0.15, -0.1) is 0 Å². The zero-order valence-corrected chi connectivity index (χ0v) is 4.90. The Morgan fingerprint density at radius 3 is 2.43 bits per heavy atom. The molecule has 0 aromatic carbocycles. The molecule has 1 atom stereocenters. The number of hydrogen-bond acceptors (Lipinski definition) is 1. The zero-order valence-electron chi connectivity index (χ0n) is 4.90. The van der Waals surface area contributed by atoms with Crippen LogP contribution in [0.2, 0.25) is 0 Å². The van der Waals surface area contributed by atoms with Crippen LogP contribution in [0, 0.1) is 0 Å². The van der Waals surface area contributed by atoms with Crippen molar-refractivity contribution in [1.29, 1.82) is 0 Å². The summed E-state index contributed by atoms with van der Waals surface area (Å²) in [6.07, 6.45) is 0.437. The van der Waals surface area contributed by atoms with Crippen molar-refractivity contribution in [3.8, 4) is 0 Å². The zero-order chi connectivity index (χ0) is 5.70. The van der Waals surface area contributed by atoms with Crippen LogP contribution in [0.1, 0.15) is 20.3 Å². The second-order valence-electron chi connectivity index (χ2n) is 1.60. The fourth-order valence-corrected chi connectivity index (χ4v) is 0.348. The highest BCUT2D eigenvalue weighted by molar-refractivity contribution is 4.41. The van der Waals surface area contributed by atoms with Crippen LogP contribution in [0.3, 0.4) is 0 Å². The van der Waals surface area contributed by atoms with Gasteiger partial charge in [0.15, 0.2) is 0 Å². The van der Waals surface area contributed by atoms with Gasteiger partial charge in [0.2, 0.25) is 0 Å². The first-order valence-electron chi connectivity index (χ1n) is 2.66. The molecule has 1 N–H and O–H groups in total.